The molecule has 0 fully saturated rings. The molecule has 1 heterocycles. The van der Waals surface area contributed by atoms with Crippen LogP contribution in [-0.4, -0.2) is 27.1 Å². The van der Waals surface area contributed by atoms with Crippen LogP contribution in [0.15, 0.2) is 54.6 Å². The van der Waals surface area contributed by atoms with Crippen LogP contribution < -0.4 is 14.2 Å². The van der Waals surface area contributed by atoms with E-state index in [4.69, 9.17) is 14.2 Å². The fourth-order valence-electron chi connectivity index (χ4n) is 2.64. The van der Waals surface area contributed by atoms with Gasteiger partial charge in [0.25, 0.3) is 0 Å². The first-order valence-corrected chi connectivity index (χ1v) is 8.94. The van der Waals surface area contributed by atoms with Crippen LogP contribution in [0.3, 0.4) is 0 Å². The number of ether oxygens (including phenoxy) is 3. The molecule has 0 aliphatic heterocycles. The molecule has 0 bridgehead atoms. The van der Waals surface area contributed by atoms with Crippen LogP contribution in [0.5, 0.6) is 17.2 Å². The van der Waals surface area contributed by atoms with Crippen molar-refractivity contribution < 1.29 is 19.0 Å². The maximum absolute atomic E-state index is 12.7. The third-order valence-electron chi connectivity index (χ3n) is 4.03. The highest BCUT2D eigenvalue weighted by Crippen LogP contribution is 2.31. The van der Waals surface area contributed by atoms with Crippen molar-refractivity contribution in [2.75, 3.05) is 21.3 Å². The minimum Gasteiger partial charge on any atom is -0.497 e. The molecule has 4 nitrogen and oxygen atoms in total. The van der Waals surface area contributed by atoms with E-state index in [1.165, 1.54) is 11.3 Å². The van der Waals surface area contributed by atoms with Gasteiger partial charge >= 0.3 is 0 Å². The summed E-state index contributed by atoms with van der Waals surface area (Å²) in [4.78, 5) is 14.5. The maximum atomic E-state index is 12.7. The predicted octanol–water partition coefficient (Wildman–Crippen LogP) is 4.87. The van der Waals surface area contributed by atoms with Gasteiger partial charge in [-0.05, 0) is 59.7 Å². The Morgan fingerprint density at radius 2 is 1.42 bits per heavy atom. The van der Waals surface area contributed by atoms with Gasteiger partial charge in [-0.3, -0.25) is 4.79 Å². The van der Waals surface area contributed by atoms with Gasteiger partial charge in [-0.1, -0.05) is 0 Å². The smallest absolute Gasteiger partial charge is 0.177 e. The lowest BCUT2D eigenvalue weighted by atomic mass is 10.1. The van der Waals surface area contributed by atoms with Crippen molar-refractivity contribution in [2.45, 2.75) is 6.42 Å². The van der Waals surface area contributed by atoms with Gasteiger partial charge in [0.2, 0.25) is 0 Å². The van der Waals surface area contributed by atoms with Gasteiger partial charge in [-0.2, -0.15) is 0 Å². The van der Waals surface area contributed by atoms with E-state index in [1.54, 1.807) is 27.4 Å². The molecule has 0 radical (unpaired) electrons. The summed E-state index contributed by atoms with van der Waals surface area (Å²) in [5.41, 5.74) is 1.93. The third kappa shape index (κ3) is 4.06. The van der Waals surface area contributed by atoms with E-state index < -0.39 is 0 Å². The molecule has 26 heavy (non-hydrogen) atoms. The summed E-state index contributed by atoms with van der Waals surface area (Å²) in [7, 11) is 4.84. The second-order valence-corrected chi connectivity index (χ2v) is 6.80. The Bertz CT molecular complexity index is 874. The molecule has 0 saturated heterocycles. The van der Waals surface area contributed by atoms with Gasteiger partial charge in [0.05, 0.1) is 26.2 Å². The summed E-state index contributed by atoms with van der Waals surface area (Å²) in [6.07, 6.45) is 0.302. The fourth-order valence-corrected chi connectivity index (χ4v) is 3.59. The lowest BCUT2D eigenvalue weighted by Crippen LogP contribution is -2.02. The Kier molecular flexibility index (Phi) is 5.58. The number of hydrogen-bond donors (Lipinski definition) is 0. The quantitative estimate of drug-likeness (QED) is 0.558. The van der Waals surface area contributed by atoms with E-state index in [-0.39, 0.29) is 5.78 Å². The molecule has 0 amide bonds. The number of hydrogen-bond acceptors (Lipinski definition) is 5. The fraction of sp³-hybridized carbons (Fsp3) is 0.190. The molecule has 1 aromatic heterocycles. The molecule has 5 heteroatoms. The first kappa shape index (κ1) is 18.0. The second kappa shape index (κ2) is 8.06. The van der Waals surface area contributed by atoms with Gasteiger partial charge in [-0.25, -0.2) is 0 Å². The monoisotopic (exact) mass is 368 g/mol. The molecule has 0 unspecified atom stereocenters. The lowest BCUT2D eigenvalue weighted by molar-refractivity contribution is 0.0997. The average Bonchev–Trinajstić information content (AvgIpc) is 3.18. The molecule has 3 aromatic rings. The van der Waals surface area contributed by atoms with E-state index in [1.807, 2.05) is 48.5 Å². The molecule has 0 atom stereocenters. The van der Waals surface area contributed by atoms with Gasteiger partial charge < -0.3 is 14.2 Å². The van der Waals surface area contributed by atoms with Crippen LogP contribution in [0.25, 0.3) is 10.4 Å². The number of Topliss-reactive ketones (excluding diaryl/α,β-unsaturated/α-hetero) is 1. The summed E-state index contributed by atoms with van der Waals surface area (Å²) in [6, 6.07) is 17.2. The van der Waals surface area contributed by atoms with E-state index in [0.29, 0.717) is 17.9 Å². The zero-order chi connectivity index (χ0) is 18.5. The molecule has 2 aromatic carbocycles. The normalized spacial score (nSPS) is 10.4. The maximum Gasteiger partial charge on any atom is 0.177 e. The van der Waals surface area contributed by atoms with Crippen molar-refractivity contribution in [3.63, 3.8) is 0 Å². The number of rotatable bonds is 7. The van der Waals surface area contributed by atoms with E-state index in [0.717, 1.165) is 26.6 Å². The zero-order valence-corrected chi connectivity index (χ0v) is 15.8. The van der Waals surface area contributed by atoms with Crippen LogP contribution in [0.2, 0.25) is 0 Å². The van der Waals surface area contributed by atoms with E-state index >= 15 is 0 Å². The molecule has 0 aliphatic rings. The zero-order valence-electron chi connectivity index (χ0n) is 14.9. The molecule has 0 aliphatic carbocycles. The molecule has 3 rings (SSSR count). The van der Waals surface area contributed by atoms with Crippen molar-refractivity contribution >= 4 is 17.1 Å². The van der Waals surface area contributed by atoms with Crippen LogP contribution >= 0.6 is 11.3 Å². The van der Waals surface area contributed by atoms with Crippen LogP contribution in [0, 0.1) is 0 Å². The Balaban J connectivity index is 1.77. The number of thiophene rings is 1. The van der Waals surface area contributed by atoms with E-state index in [9.17, 15) is 4.79 Å². The van der Waals surface area contributed by atoms with Crippen molar-refractivity contribution in [1.82, 2.24) is 0 Å². The Hall–Kier alpha value is -2.79. The SMILES string of the molecule is COc1ccc(-c2ccc(C(=O)Cc3cc(OC)cc(OC)c3)s2)cc1. The summed E-state index contributed by atoms with van der Waals surface area (Å²) in [5, 5.41) is 0. The molecule has 0 N–H and O–H groups in total. The first-order valence-electron chi connectivity index (χ1n) is 8.12. The highest BCUT2D eigenvalue weighted by Gasteiger charge is 2.13. The molecule has 134 valence electrons. The highest BCUT2D eigenvalue weighted by atomic mass is 32.1. The Morgan fingerprint density at radius 1 is 0.808 bits per heavy atom. The largest absolute Gasteiger partial charge is 0.497 e. The van der Waals surface area contributed by atoms with Crippen molar-refractivity contribution in [2.24, 2.45) is 0 Å². The topological polar surface area (TPSA) is 44.8 Å². The number of carbonyl (C=O) groups is 1. The average molecular weight is 368 g/mol. The highest BCUT2D eigenvalue weighted by molar-refractivity contribution is 7.17. The van der Waals surface area contributed by atoms with Gasteiger partial charge in [0.15, 0.2) is 5.78 Å². The van der Waals surface area contributed by atoms with Crippen molar-refractivity contribution in [1.29, 1.82) is 0 Å². The molecular formula is C21H20O4S. The number of methoxy groups -OCH3 is 3. The van der Waals surface area contributed by atoms with Gasteiger partial charge in [-0.15, -0.1) is 11.3 Å². The van der Waals surface area contributed by atoms with Crippen molar-refractivity contribution in [3.05, 3.63) is 65.0 Å². The Morgan fingerprint density at radius 3 is 2.00 bits per heavy atom. The van der Waals surface area contributed by atoms with Crippen molar-refractivity contribution in [3.8, 4) is 27.7 Å². The number of ketones is 1. The minimum absolute atomic E-state index is 0.0741. The number of benzene rings is 2. The standard InChI is InChI=1S/C21H20O4S/c1-23-16-6-4-15(5-7-16)20-8-9-21(26-20)19(22)12-14-10-17(24-2)13-18(11-14)25-3/h4-11,13H,12H2,1-3H3. The van der Waals surface area contributed by atoms with Crippen LogP contribution in [0.4, 0.5) is 0 Å². The predicted molar refractivity (Wildman–Crippen MR) is 104 cm³/mol. The molecule has 0 spiro atoms. The number of carbonyl (C=O) groups excluding carboxylic acids is 1. The van der Waals surface area contributed by atoms with Gasteiger partial charge in [0.1, 0.15) is 17.2 Å². The van der Waals surface area contributed by atoms with Gasteiger partial charge in [0, 0.05) is 17.4 Å². The van der Waals surface area contributed by atoms with Crippen LogP contribution in [-0.2, 0) is 6.42 Å². The molecule has 0 saturated carbocycles. The van der Waals surface area contributed by atoms with E-state index in [2.05, 4.69) is 0 Å². The third-order valence-corrected chi connectivity index (χ3v) is 5.21. The van der Waals surface area contributed by atoms with Crippen LogP contribution in [0.1, 0.15) is 15.2 Å². The first-order chi connectivity index (χ1) is 12.6. The summed E-state index contributed by atoms with van der Waals surface area (Å²) in [5.74, 6) is 2.24. The Labute approximate surface area is 157 Å². The summed E-state index contributed by atoms with van der Waals surface area (Å²) < 4.78 is 15.7. The second-order valence-electron chi connectivity index (χ2n) is 5.71. The summed E-state index contributed by atoms with van der Waals surface area (Å²) in [6.45, 7) is 0. The lowest BCUT2D eigenvalue weighted by Gasteiger charge is -2.07. The minimum atomic E-state index is 0.0741. The summed E-state index contributed by atoms with van der Waals surface area (Å²) >= 11 is 1.49. The molecular weight excluding hydrogens is 348 g/mol.